The number of halogens is 2. The van der Waals surface area contributed by atoms with Crippen LogP contribution in [-0.4, -0.2) is 50.8 Å². The van der Waals surface area contributed by atoms with Crippen LogP contribution in [0.5, 0.6) is 0 Å². The van der Waals surface area contributed by atoms with E-state index in [0.29, 0.717) is 28.3 Å². The third-order valence-corrected chi connectivity index (χ3v) is 6.63. The van der Waals surface area contributed by atoms with Crippen LogP contribution in [0.15, 0.2) is 27.6 Å². The van der Waals surface area contributed by atoms with Crippen LogP contribution in [0, 0.1) is 0 Å². The largest absolute Gasteiger partial charge is 0.305 e. The molecule has 4 nitrogen and oxygen atoms in total. The molecule has 1 saturated heterocycles. The first-order chi connectivity index (χ1) is 9.45. The van der Waals surface area contributed by atoms with E-state index in [1.54, 1.807) is 22.5 Å². The van der Waals surface area contributed by atoms with Gasteiger partial charge in [0, 0.05) is 30.0 Å². The van der Waals surface area contributed by atoms with Crippen molar-refractivity contribution in [1.29, 1.82) is 0 Å². The van der Waals surface area contributed by atoms with Crippen molar-refractivity contribution >= 4 is 37.6 Å². The predicted molar refractivity (Wildman–Crippen MR) is 84.6 cm³/mol. The highest BCUT2D eigenvalue weighted by Crippen LogP contribution is 2.27. The Kier molecular flexibility index (Phi) is 5.48. The Morgan fingerprint density at radius 1 is 1.25 bits per heavy atom. The summed E-state index contributed by atoms with van der Waals surface area (Å²) < 4.78 is 27.6. The van der Waals surface area contributed by atoms with Crippen molar-refractivity contribution in [1.82, 2.24) is 9.21 Å². The van der Waals surface area contributed by atoms with Crippen molar-refractivity contribution in [3.63, 3.8) is 0 Å². The number of nitrogens with zero attached hydrogens (tertiary/aromatic N) is 2. The van der Waals surface area contributed by atoms with Gasteiger partial charge >= 0.3 is 0 Å². The van der Waals surface area contributed by atoms with Crippen molar-refractivity contribution in [3.8, 4) is 0 Å². The Hall–Kier alpha value is -0.140. The van der Waals surface area contributed by atoms with Crippen LogP contribution < -0.4 is 0 Å². The minimum Gasteiger partial charge on any atom is -0.305 e. The number of hydrogen-bond acceptors (Lipinski definition) is 3. The molecular weight excluding hydrogens is 364 g/mol. The molecule has 0 aromatic heterocycles. The molecule has 0 radical (unpaired) electrons. The first kappa shape index (κ1) is 16.2. The van der Waals surface area contributed by atoms with E-state index in [1.807, 2.05) is 7.05 Å². The second kappa shape index (κ2) is 6.75. The lowest BCUT2D eigenvalue weighted by Gasteiger charge is -2.21. The molecule has 0 atom stereocenters. The molecule has 1 aliphatic rings. The molecule has 1 aliphatic heterocycles. The second-order valence-corrected chi connectivity index (χ2v) is 7.99. The normalized spacial score (nSPS) is 18.9. The van der Waals surface area contributed by atoms with E-state index in [1.165, 1.54) is 0 Å². The zero-order chi connectivity index (χ0) is 14.8. The minimum atomic E-state index is -3.45. The smallest absolute Gasteiger partial charge is 0.244 e. The summed E-state index contributed by atoms with van der Waals surface area (Å²) in [6.45, 7) is 2.79. The van der Waals surface area contributed by atoms with Gasteiger partial charge in [-0.3, -0.25) is 0 Å². The van der Waals surface area contributed by atoms with E-state index < -0.39 is 10.0 Å². The van der Waals surface area contributed by atoms with Crippen LogP contribution in [0.25, 0.3) is 0 Å². The second-order valence-electron chi connectivity index (χ2n) is 4.96. The molecule has 1 aromatic rings. The third-order valence-electron chi connectivity index (χ3n) is 3.45. The SMILES string of the molecule is CN1CCCN(S(=O)(=O)c2ccc(CCl)cc2Br)CC1. The summed E-state index contributed by atoms with van der Waals surface area (Å²) in [6.07, 6.45) is 0.854. The molecule has 112 valence electrons. The van der Waals surface area contributed by atoms with E-state index >= 15 is 0 Å². The number of sulfonamides is 1. The maximum atomic E-state index is 12.7. The first-order valence-electron chi connectivity index (χ1n) is 6.48. The van der Waals surface area contributed by atoms with Crippen LogP contribution in [0.3, 0.4) is 0 Å². The van der Waals surface area contributed by atoms with Gasteiger partial charge in [-0.1, -0.05) is 6.07 Å². The van der Waals surface area contributed by atoms with Crippen LogP contribution in [-0.2, 0) is 15.9 Å². The summed E-state index contributed by atoms with van der Waals surface area (Å²) in [5.74, 6) is 0.368. The zero-order valence-corrected chi connectivity index (χ0v) is 14.5. The van der Waals surface area contributed by atoms with E-state index in [2.05, 4.69) is 20.8 Å². The van der Waals surface area contributed by atoms with Crippen LogP contribution >= 0.6 is 27.5 Å². The Bertz CT molecular complexity index is 580. The molecule has 1 aromatic carbocycles. The monoisotopic (exact) mass is 380 g/mol. The molecule has 0 spiro atoms. The summed E-state index contributed by atoms with van der Waals surface area (Å²) >= 11 is 9.11. The standard InChI is InChI=1S/C13H18BrClN2O2S/c1-16-5-2-6-17(8-7-16)20(18,19)13-4-3-11(10-15)9-12(13)14/h3-4,9H,2,5-8,10H2,1H3. The van der Waals surface area contributed by atoms with Gasteiger partial charge in [0.2, 0.25) is 10.0 Å². The van der Waals surface area contributed by atoms with Crippen LogP contribution in [0.2, 0.25) is 0 Å². The van der Waals surface area contributed by atoms with Gasteiger partial charge in [-0.25, -0.2) is 8.42 Å². The number of benzene rings is 1. The highest BCUT2D eigenvalue weighted by Gasteiger charge is 2.27. The summed E-state index contributed by atoms with van der Waals surface area (Å²) in [7, 11) is -1.43. The topological polar surface area (TPSA) is 40.6 Å². The molecule has 7 heteroatoms. The van der Waals surface area contributed by atoms with Gasteiger partial charge in [-0.05, 0) is 53.6 Å². The van der Waals surface area contributed by atoms with Crippen molar-refractivity contribution in [2.45, 2.75) is 17.2 Å². The fourth-order valence-corrected chi connectivity index (χ4v) is 4.96. The molecule has 0 N–H and O–H groups in total. The summed E-state index contributed by atoms with van der Waals surface area (Å²) in [4.78, 5) is 2.47. The Morgan fingerprint density at radius 3 is 2.65 bits per heavy atom. The molecule has 0 amide bonds. The van der Waals surface area contributed by atoms with Crippen molar-refractivity contribution < 1.29 is 8.42 Å². The molecule has 2 rings (SSSR count). The lowest BCUT2D eigenvalue weighted by atomic mass is 10.2. The molecule has 1 fully saturated rings. The van der Waals surface area contributed by atoms with Gasteiger partial charge in [0.05, 0.1) is 4.90 Å². The number of rotatable bonds is 3. The highest BCUT2D eigenvalue weighted by molar-refractivity contribution is 9.10. The maximum absolute atomic E-state index is 12.7. The van der Waals surface area contributed by atoms with Crippen molar-refractivity contribution in [2.24, 2.45) is 0 Å². The van der Waals surface area contributed by atoms with Gasteiger partial charge in [-0.15, -0.1) is 11.6 Å². The predicted octanol–water partition coefficient (Wildman–Crippen LogP) is 2.51. The summed E-state index contributed by atoms with van der Waals surface area (Å²) in [6, 6.07) is 5.16. The lowest BCUT2D eigenvalue weighted by molar-refractivity contribution is 0.347. The number of hydrogen-bond donors (Lipinski definition) is 0. The van der Waals surface area contributed by atoms with Crippen LogP contribution in [0.1, 0.15) is 12.0 Å². The Morgan fingerprint density at radius 2 is 2.00 bits per heavy atom. The fraction of sp³-hybridized carbons (Fsp3) is 0.538. The zero-order valence-electron chi connectivity index (χ0n) is 11.3. The quantitative estimate of drug-likeness (QED) is 0.755. The minimum absolute atomic E-state index is 0.316. The van der Waals surface area contributed by atoms with E-state index in [4.69, 9.17) is 11.6 Å². The lowest BCUT2D eigenvalue weighted by Crippen LogP contribution is -2.34. The van der Waals surface area contributed by atoms with Gasteiger partial charge in [0.1, 0.15) is 0 Å². The molecule has 0 saturated carbocycles. The fourth-order valence-electron chi connectivity index (χ4n) is 2.24. The third kappa shape index (κ3) is 3.54. The van der Waals surface area contributed by atoms with Gasteiger partial charge < -0.3 is 4.90 Å². The van der Waals surface area contributed by atoms with Crippen molar-refractivity contribution in [3.05, 3.63) is 28.2 Å². The average Bonchev–Trinajstić information content (AvgIpc) is 2.63. The molecule has 20 heavy (non-hydrogen) atoms. The van der Waals surface area contributed by atoms with Crippen LogP contribution in [0.4, 0.5) is 0 Å². The Balaban J connectivity index is 2.30. The van der Waals surface area contributed by atoms with Gasteiger partial charge in [0.15, 0.2) is 0 Å². The van der Waals surface area contributed by atoms with E-state index in [-0.39, 0.29) is 0 Å². The van der Waals surface area contributed by atoms with Gasteiger partial charge in [0.25, 0.3) is 0 Å². The van der Waals surface area contributed by atoms with Crippen molar-refractivity contribution in [2.75, 3.05) is 33.2 Å². The summed E-state index contributed by atoms with van der Waals surface area (Å²) in [5.41, 5.74) is 0.896. The number of alkyl halides is 1. The molecule has 0 unspecified atom stereocenters. The molecule has 0 aliphatic carbocycles. The molecule has 0 bridgehead atoms. The maximum Gasteiger partial charge on any atom is 0.244 e. The van der Waals surface area contributed by atoms with Gasteiger partial charge in [-0.2, -0.15) is 4.31 Å². The molecular formula is C13H18BrClN2O2S. The average molecular weight is 382 g/mol. The van der Waals surface area contributed by atoms with E-state index in [9.17, 15) is 8.42 Å². The Labute approximate surface area is 133 Å². The number of likely N-dealkylation sites (N-methyl/N-ethyl adjacent to an activating group) is 1. The molecule has 1 heterocycles. The summed E-state index contributed by atoms with van der Waals surface area (Å²) in [5, 5.41) is 0. The van der Waals surface area contributed by atoms with E-state index in [0.717, 1.165) is 25.1 Å². The first-order valence-corrected chi connectivity index (χ1v) is 9.25. The highest BCUT2D eigenvalue weighted by atomic mass is 79.9.